The van der Waals surface area contributed by atoms with E-state index in [9.17, 15) is 0 Å². The number of hydrogen-bond acceptors (Lipinski definition) is 2. The van der Waals surface area contributed by atoms with Crippen molar-refractivity contribution in [2.75, 3.05) is 0 Å². The maximum atomic E-state index is 5.30. The molecule has 2 heteroatoms. The maximum absolute atomic E-state index is 5.30. The summed E-state index contributed by atoms with van der Waals surface area (Å²) in [6, 6.07) is 87.2. The molecular weight excluding hydrogens is 737 g/mol. The van der Waals surface area contributed by atoms with Crippen LogP contribution in [0, 0.1) is 0 Å². The molecule has 286 valence electrons. The van der Waals surface area contributed by atoms with Crippen LogP contribution in [-0.2, 0) is 5.41 Å². The average molecular weight is 777 g/mol. The van der Waals surface area contributed by atoms with Gasteiger partial charge >= 0.3 is 0 Å². The Balaban J connectivity index is 1.10. The van der Waals surface area contributed by atoms with Gasteiger partial charge < -0.3 is 0 Å². The fourth-order valence-electron chi connectivity index (χ4n) is 9.31. The fraction of sp³-hybridized carbons (Fsp3) is 0.0169. The van der Waals surface area contributed by atoms with Crippen molar-refractivity contribution in [3.05, 3.63) is 265 Å². The van der Waals surface area contributed by atoms with Crippen LogP contribution in [0.5, 0.6) is 0 Å². The van der Waals surface area contributed by atoms with Crippen molar-refractivity contribution in [2.45, 2.75) is 5.41 Å². The highest BCUT2D eigenvalue weighted by molar-refractivity contribution is 5.88. The minimum absolute atomic E-state index is 0.494. The number of benzene rings is 9. The van der Waals surface area contributed by atoms with Gasteiger partial charge in [-0.1, -0.05) is 212 Å². The lowest BCUT2D eigenvalue weighted by atomic mass is 9.67. The molecule has 1 aliphatic rings. The zero-order chi connectivity index (χ0) is 40.6. The summed E-state index contributed by atoms with van der Waals surface area (Å²) in [5.41, 5.74) is 18.8. The summed E-state index contributed by atoms with van der Waals surface area (Å²) < 4.78 is 0. The molecule has 0 aliphatic heterocycles. The molecule has 1 aliphatic carbocycles. The van der Waals surface area contributed by atoms with Crippen LogP contribution in [0.2, 0.25) is 0 Å². The van der Waals surface area contributed by atoms with Crippen molar-refractivity contribution in [1.82, 2.24) is 9.97 Å². The SMILES string of the molecule is c1ccc(-c2ccc(-c3cc(-c4cc(-c5ccccc5)cc(-c5cccc(C6(c7ccccc7)c7ccccc7-c7ccccc76)c5)c4)nc(-c4ccccc4)n3)cc2)cc1. The molecule has 11 rings (SSSR count). The van der Waals surface area contributed by atoms with E-state index in [2.05, 4.69) is 224 Å². The van der Waals surface area contributed by atoms with Gasteiger partial charge in [-0.2, -0.15) is 0 Å². The molecular formula is C59H40N2. The van der Waals surface area contributed by atoms with E-state index in [-0.39, 0.29) is 0 Å². The van der Waals surface area contributed by atoms with Crippen molar-refractivity contribution in [3.8, 4) is 78.4 Å². The first-order valence-corrected chi connectivity index (χ1v) is 20.9. The predicted molar refractivity (Wildman–Crippen MR) is 252 cm³/mol. The Morgan fingerprint density at radius 3 is 1.26 bits per heavy atom. The van der Waals surface area contributed by atoms with Gasteiger partial charge in [-0.05, 0) is 97.1 Å². The Hall–Kier alpha value is -7.94. The van der Waals surface area contributed by atoms with Crippen LogP contribution < -0.4 is 0 Å². The van der Waals surface area contributed by atoms with E-state index < -0.39 is 5.41 Å². The Kier molecular flexibility index (Phi) is 9.09. The Labute approximate surface area is 357 Å². The molecule has 1 heterocycles. The molecule has 0 N–H and O–H groups in total. The van der Waals surface area contributed by atoms with E-state index in [4.69, 9.17) is 9.97 Å². The number of nitrogens with zero attached hydrogens (tertiary/aromatic N) is 2. The lowest BCUT2D eigenvalue weighted by Crippen LogP contribution is -2.28. The number of aromatic nitrogens is 2. The van der Waals surface area contributed by atoms with Crippen molar-refractivity contribution in [3.63, 3.8) is 0 Å². The van der Waals surface area contributed by atoms with Crippen molar-refractivity contribution < 1.29 is 0 Å². The van der Waals surface area contributed by atoms with Crippen LogP contribution in [0.1, 0.15) is 22.3 Å². The van der Waals surface area contributed by atoms with Crippen molar-refractivity contribution in [2.24, 2.45) is 0 Å². The molecule has 0 spiro atoms. The quantitative estimate of drug-likeness (QED) is 0.154. The second-order valence-electron chi connectivity index (χ2n) is 15.7. The molecule has 0 atom stereocenters. The first kappa shape index (κ1) is 36.2. The summed E-state index contributed by atoms with van der Waals surface area (Å²) in [5.74, 6) is 0.692. The summed E-state index contributed by atoms with van der Waals surface area (Å²) >= 11 is 0. The monoisotopic (exact) mass is 776 g/mol. The molecule has 10 aromatic rings. The van der Waals surface area contributed by atoms with Crippen molar-refractivity contribution >= 4 is 0 Å². The van der Waals surface area contributed by atoms with E-state index >= 15 is 0 Å². The van der Waals surface area contributed by atoms with E-state index in [1.807, 2.05) is 18.2 Å². The Morgan fingerprint density at radius 2 is 0.656 bits per heavy atom. The fourth-order valence-corrected chi connectivity index (χ4v) is 9.31. The molecule has 0 fully saturated rings. The number of rotatable bonds is 8. The summed E-state index contributed by atoms with van der Waals surface area (Å²) in [6.07, 6.45) is 0. The van der Waals surface area contributed by atoms with Crippen LogP contribution in [0.15, 0.2) is 243 Å². The van der Waals surface area contributed by atoms with Crippen LogP contribution in [0.4, 0.5) is 0 Å². The largest absolute Gasteiger partial charge is 0.228 e. The van der Waals surface area contributed by atoms with Crippen LogP contribution in [0.3, 0.4) is 0 Å². The summed E-state index contributed by atoms with van der Waals surface area (Å²) in [7, 11) is 0. The first-order valence-electron chi connectivity index (χ1n) is 20.9. The van der Waals surface area contributed by atoms with E-state index in [0.717, 1.165) is 50.3 Å². The molecule has 0 saturated heterocycles. The molecule has 0 saturated carbocycles. The van der Waals surface area contributed by atoms with E-state index in [1.165, 1.54) is 44.5 Å². The second-order valence-corrected chi connectivity index (χ2v) is 15.7. The molecule has 9 aromatic carbocycles. The minimum Gasteiger partial charge on any atom is -0.228 e. The highest BCUT2D eigenvalue weighted by Gasteiger charge is 2.45. The van der Waals surface area contributed by atoms with Gasteiger partial charge in [0, 0.05) is 16.7 Å². The van der Waals surface area contributed by atoms with Gasteiger partial charge in [0.25, 0.3) is 0 Å². The standard InChI is InChI=1S/C59H40N2/c1-5-18-41(19-6-1)43-32-34-44(35-33-43)56-40-57(61-58(60-56)45-22-9-3-10-23-45)49-37-47(42-20-7-2-8-21-42)36-48(38-49)46-24-17-27-51(39-46)59(50-25-11-4-12-26-50)54-30-15-13-28-52(54)53-29-14-16-31-55(53)59/h1-40H. The normalized spacial score (nSPS) is 12.4. The lowest BCUT2D eigenvalue weighted by Gasteiger charge is -2.34. The highest BCUT2D eigenvalue weighted by atomic mass is 14.9. The molecule has 0 bridgehead atoms. The molecule has 0 unspecified atom stereocenters. The zero-order valence-corrected chi connectivity index (χ0v) is 33.5. The molecule has 2 nitrogen and oxygen atoms in total. The van der Waals surface area contributed by atoms with Gasteiger partial charge in [-0.25, -0.2) is 9.97 Å². The molecule has 1 aromatic heterocycles. The van der Waals surface area contributed by atoms with Gasteiger partial charge in [0.15, 0.2) is 5.82 Å². The van der Waals surface area contributed by atoms with Gasteiger partial charge in [0.2, 0.25) is 0 Å². The third kappa shape index (κ3) is 6.46. The maximum Gasteiger partial charge on any atom is 0.160 e. The highest BCUT2D eigenvalue weighted by Crippen LogP contribution is 2.56. The van der Waals surface area contributed by atoms with Crippen LogP contribution >= 0.6 is 0 Å². The molecule has 0 amide bonds. The van der Waals surface area contributed by atoms with Gasteiger partial charge in [0.1, 0.15) is 0 Å². The predicted octanol–water partition coefficient (Wildman–Crippen LogP) is 14.8. The van der Waals surface area contributed by atoms with Crippen LogP contribution in [-0.4, -0.2) is 9.97 Å². The summed E-state index contributed by atoms with van der Waals surface area (Å²) in [4.78, 5) is 10.5. The smallest absolute Gasteiger partial charge is 0.160 e. The second kappa shape index (κ2) is 15.3. The Bertz CT molecular complexity index is 3110. The van der Waals surface area contributed by atoms with E-state index in [0.29, 0.717) is 5.82 Å². The van der Waals surface area contributed by atoms with E-state index in [1.54, 1.807) is 0 Å². The van der Waals surface area contributed by atoms with Gasteiger partial charge in [-0.15, -0.1) is 0 Å². The zero-order valence-electron chi connectivity index (χ0n) is 33.5. The lowest BCUT2D eigenvalue weighted by molar-refractivity contribution is 0.769. The molecule has 0 radical (unpaired) electrons. The van der Waals surface area contributed by atoms with Crippen LogP contribution in [0.25, 0.3) is 78.4 Å². The summed E-state index contributed by atoms with van der Waals surface area (Å²) in [6.45, 7) is 0. The Morgan fingerprint density at radius 1 is 0.246 bits per heavy atom. The topological polar surface area (TPSA) is 25.8 Å². The molecule has 61 heavy (non-hydrogen) atoms. The summed E-state index contributed by atoms with van der Waals surface area (Å²) in [5, 5.41) is 0. The average Bonchev–Trinajstić information content (AvgIpc) is 3.66. The third-order valence-corrected chi connectivity index (χ3v) is 12.2. The number of fused-ring (bicyclic) bond motifs is 3. The first-order chi connectivity index (χ1) is 30.2. The van der Waals surface area contributed by atoms with Gasteiger partial charge in [-0.3, -0.25) is 0 Å². The van der Waals surface area contributed by atoms with Crippen molar-refractivity contribution in [1.29, 1.82) is 0 Å². The van der Waals surface area contributed by atoms with Gasteiger partial charge in [0.05, 0.1) is 16.8 Å². The minimum atomic E-state index is -0.494. The third-order valence-electron chi connectivity index (χ3n) is 12.2. The number of hydrogen-bond donors (Lipinski definition) is 0.